The minimum absolute atomic E-state index is 0.00235. The number of hydrogen-bond donors (Lipinski definition) is 1. The number of amides is 1. The van der Waals surface area contributed by atoms with Gasteiger partial charge in [0.2, 0.25) is 5.91 Å². The van der Waals surface area contributed by atoms with Crippen LogP contribution in [0.4, 0.5) is 5.69 Å². The van der Waals surface area contributed by atoms with Crippen LogP contribution < -0.4 is 0 Å². The number of aryl methyl sites for hydroxylation is 1. The van der Waals surface area contributed by atoms with E-state index in [-0.39, 0.29) is 18.0 Å². The van der Waals surface area contributed by atoms with E-state index in [0.29, 0.717) is 37.5 Å². The van der Waals surface area contributed by atoms with E-state index in [9.17, 15) is 24.8 Å². The van der Waals surface area contributed by atoms with Gasteiger partial charge in [-0.15, -0.1) is 0 Å². The third kappa shape index (κ3) is 4.73. The van der Waals surface area contributed by atoms with Crippen LogP contribution in [0.5, 0.6) is 0 Å². The van der Waals surface area contributed by atoms with Crippen molar-refractivity contribution in [2.45, 2.75) is 32.2 Å². The molecular weight excluding hydrogens is 364 g/mol. The largest absolute Gasteiger partial charge is 0.478 e. The van der Waals surface area contributed by atoms with Crippen LogP contribution in [-0.4, -0.2) is 49.7 Å². The van der Waals surface area contributed by atoms with Crippen LogP contribution in [0, 0.1) is 16.0 Å². The number of rotatable bonds is 7. The van der Waals surface area contributed by atoms with Gasteiger partial charge >= 0.3 is 11.7 Å². The Hall–Kier alpha value is -3.23. The van der Waals surface area contributed by atoms with E-state index >= 15 is 0 Å². The number of piperidine rings is 1. The number of benzene rings is 1. The maximum absolute atomic E-state index is 12.4. The van der Waals surface area contributed by atoms with Crippen molar-refractivity contribution in [2.75, 3.05) is 13.1 Å². The van der Waals surface area contributed by atoms with Gasteiger partial charge in [-0.2, -0.15) is 5.10 Å². The molecule has 9 heteroatoms. The summed E-state index contributed by atoms with van der Waals surface area (Å²) < 4.78 is 1.41. The summed E-state index contributed by atoms with van der Waals surface area (Å²) in [4.78, 5) is 35.7. The second-order valence-corrected chi connectivity index (χ2v) is 6.96. The second-order valence-electron chi connectivity index (χ2n) is 6.96. The number of hydrogen-bond acceptors (Lipinski definition) is 5. The Morgan fingerprint density at radius 2 is 1.96 bits per heavy atom. The Balaban J connectivity index is 1.47. The monoisotopic (exact) mass is 386 g/mol. The van der Waals surface area contributed by atoms with Crippen molar-refractivity contribution in [3.63, 3.8) is 0 Å². The lowest BCUT2D eigenvalue weighted by Gasteiger charge is -2.32. The van der Waals surface area contributed by atoms with Crippen LogP contribution in [0.1, 0.15) is 35.2 Å². The first-order valence-electron chi connectivity index (χ1n) is 9.20. The number of carbonyl (C=O) groups is 2. The molecule has 0 bridgehead atoms. The van der Waals surface area contributed by atoms with Gasteiger partial charge in [0.15, 0.2) is 0 Å². The van der Waals surface area contributed by atoms with Gasteiger partial charge in [-0.25, -0.2) is 4.79 Å². The van der Waals surface area contributed by atoms with Gasteiger partial charge in [-0.3, -0.25) is 19.6 Å². The van der Waals surface area contributed by atoms with Crippen molar-refractivity contribution < 1.29 is 19.6 Å². The molecule has 0 spiro atoms. The fraction of sp³-hybridized carbons (Fsp3) is 0.421. The van der Waals surface area contributed by atoms with E-state index in [2.05, 4.69) is 5.10 Å². The highest BCUT2D eigenvalue weighted by Crippen LogP contribution is 2.24. The average molecular weight is 386 g/mol. The summed E-state index contributed by atoms with van der Waals surface area (Å²) in [6.07, 6.45) is 5.08. The minimum Gasteiger partial charge on any atom is -0.478 e. The predicted octanol–water partition coefficient (Wildman–Crippen LogP) is 2.36. The zero-order chi connectivity index (χ0) is 20.1. The fourth-order valence-electron chi connectivity index (χ4n) is 3.54. The van der Waals surface area contributed by atoms with E-state index in [1.165, 1.54) is 17.1 Å². The Morgan fingerprint density at radius 3 is 2.61 bits per heavy atom. The number of aromatic carboxylic acids is 1. The van der Waals surface area contributed by atoms with Crippen LogP contribution in [0.15, 0.2) is 36.7 Å². The molecule has 28 heavy (non-hydrogen) atoms. The number of nitro groups is 1. The van der Waals surface area contributed by atoms with Crippen molar-refractivity contribution in [2.24, 2.45) is 5.92 Å². The first kappa shape index (κ1) is 19.5. The normalized spacial score (nSPS) is 14.8. The predicted molar refractivity (Wildman–Crippen MR) is 99.9 cm³/mol. The van der Waals surface area contributed by atoms with Crippen molar-refractivity contribution in [3.8, 4) is 0 Å². The van der Waals surface area contributed by atoms with Gasteiger partial charge in [0, 0.05) is 26.1 Å². The molecule has 1 aliphatic rings. The third-order valence-electron chi connectivity index (χ3n) is 5.11. The summed E-state index contributed by atoms with van der Waals surface area (Å²) in [6.45, 7) is 1.58. The smallest absolute Gasteiger partial charge is 0.335 e. The number of aromatic nitrogens is 2. The van der Waals surface area contributed by atoms with Gasteiger partial charge in [-0.1, -0.05) is 18.2 Å². The lowest BCUT2D eigenvalue weighted by Crippen LogP contribution is -2.39. The Bertz CT molecular complexity index is 871. The number of nitrogens with zero attached hydrogens (tertiary/aromatic N) is 4. The molecule has 1 N–H and O–H groups in total. The summed E-state index contributed by atoms with van der Waals surface area (Å²) >= 11 is 0. The summed E-state index contributed by atoms with van der Waals surface area (Å²) in [7, 11) is 0. The van der Waals surface area contributed by atoms with Crippen LogP contribution >= 0.6 is 0 Å². The second kappa shape index (κ2) is 8.64. The van der Waals surface area contributed by atoms with Gasteiger partial charge < -0.3 is 10.0 Å². The Morgan fingerprint density at radius 1 is 1.25 bits per heavy atom. The molecular formula is C19H22N4O5. The topological polar surface area (TPSA) is 119 Å². The molecule has 1 aliphatic heterocycles. The lowest BCUT2D eigenvalue weighted by atomic mass is 9.88. The molecule has 0 saturated carbocycles. The van der Waals surface area contributed by atoms with Gasteiger partial charge in [0.25, 0.3) is 0 Å². The first-order chi connectivity index (χ1) is 13.4. The first-order valence-corrected chi connectivity index (χ1v) is 9.20. The third-order valence-corrected chi connectivity index (χ3v) is 5.11. The fourth-order valence-corrected chi connectivity index (χ4v) is 3.54. The van der Waals surface area contributed by atoms with E-state index < -0.39 is 10.9 Å². The highest BCUT2D eigenvalue weighted by atomic mass is 16.6. The van der Waals surface area contributed by atoms with Crippen molar-refractivity contribution in [1.29, 1.82) is 0 Å². The van der Waals surface area contributed by atoms with Crippen LogP contribution in [-0.2, 0) is 17.8 Å². The van der Waals surface area contributed by atoms with E-state index in [4.69, 9.17) is 0 Å². The van der Waals surface area contributed by atoms with Gasteiger partial charge in [0.1, 0.15) is 12.4 Å². The van der Waals surface area contributed by atoms with Gasteiger partial charge in [0.05, 0.1) is 10.5 Å². The van der Waals surface area contributed by atoms with Crippen LogP contribution in [0.2, 0.25) is 0 Å². The zero-order valence-corrected chi connectivity index (χ0v) is 15.4. The van der Waals surface area contributed by atoms with Crippen molar-refractivity contribution >= 4 is 17.6 Å². The summed E-state index contributed by atoms with van der Waals surface area (Å²) in [6, 6.07) is 7.04. The van der Waals surface area contributed by atoms with E-state index in [0.717, 1.165) is 18.4 Å². The van der Waals surface area contributed by atoms with Crippen molar-refractivity contribution in [1.82, 2.24) is 14.7 Å². The standard InChI is InChI=1S/C19H22N4O5/c24-18(7-10-22-13-16(12-20-22)23(27)28)21-8-5-14(6-9-21)11-15-3-1-2-4-17(15)19(25)26/h1-4,12-14H,5-11H2,(H,25,26). The highest BCUT2D eigenvalue weighted by Gasteiger charge is 2.24. The van der Waals surface area contributed by atoms with Crippen LogP contribution in [0.3, 0.4) is 0 Å². The molecule has 2 heterocycles. The van der Waals surface area contributed by atoms with Crippen molar-refractivity contribution in [3.05, 3.63) is 57.9 Å². The maximum atomic E-state index is 12.4. The highest BCUT2D eigenvalue weighted by molar-refractivity contribution is 5.89. The quantitative estimate of drug-likeness (QED) is 0.576. The average Bonchev–Trinajstić information content (AvgIpc) is 3.16. The number of carboxylic acids is 1. The molecule has 1 saturated heterocycles. The maximum Gasteiger partial charge on any atom is 0.335 e. The molecule has 1 aromatic heterocycles. The molecule has 1 aromatic carbocycles. The molecule has 148 valence electrons. The van der Waals surface area contributed by atoms with Crippen LogP contribution in [0.25, 0.3) is 0 Å². The zero-order valence-electron chi connectivity index (χ0n) is 15.4. The molecule has 1 fully saturated rings. The molecule has 0 aliphatic carbocycles. The molecule has 0 atom stereocenters. The summed E-state index contributed by atoms with van der Waals surface area (Å²) in [5, 5.41) is 23.9. The lowest BCUT2D eigenvalue weighted by molar-refractivity contribution is -0.385. The minimum atomic E-state index is -0.915. The molecule has 0 unspecified atom stereocenters. The molecule has 0 radical (unpaired) electrons. The number of carboxylic acid groups (broad SMARTS) is 1. The number of carbonyl (C=O) groups excluding carboxylic acids is 1. The number of likely N-dealkylation sites (tertiary alicyclic amines) is 1. The Labute approximate surface area is 161 Å². The summed E-state index contributed by atoms with van der Waals surface area (Å²) in [5.41, 5.74) is 1.09. The summed E-state index contributed by atoms with van der Waals surface area (Å²) in [5.74, 6) is -0.567. The van der Waals surface area contributed by atoms with E-state index in [1.807, 2.05) is 12.1 Å². The molecule has 1 amide bonds. The Kier molecular flexibility index (Phi) is 6.03. The SMILES string of the molecule is O=C(O)c1ccccc1CC1CCN(C(=O)CCn2cc([N+](=O)[O-])cn2)CC1. The molecule has 2 aromatic rings. The van der Waals surface area contributed by atoms with Gasteiger partial charge in [-0.05, 0) is 36.8 Å². The molecule has 3 rings (SSSR count). The van der Waals surface area contributed by atoms with E-state index in [1.54, 1.807) is 17.0 Å². The molecule has 9 nitrogen and oxygen atoms in total.